The molecule has 0 saturated heterocycles. The van der Waals surface area contributed by atoms with Gasteiger partial charge in [-0.25, -0.2) is 8.78 Å². The van der Waals surface area contributed by atoms with Gasteiger partial charge in [0.2, 0.25) is 5.91 Å². The number of anilines is 1. The summed E-state index contributed by atoms with van der Waals surface area (Å²) in [6.45, 7) is 0.360. The van der Waals surface area contributed by atoms with Crippen LogP contribution < -0.4 is 4.90 Å². The molecule has 0 radical (unpaired) electrons. The van der Waals surface area contributed by atoms with E-state index in [1.54, 1.807) is 24.3 Å². The fraction of sp³-hybridized carbons (Fsp3) is 0.188. The van der Waals surface area contributed by atoms with Gasteiger partial charge in [-0.15, -0.1) is 0 Å². The first kappa shape index (κ1) is 14.0. The van der Waals surface area contributed by atoms with Gasteiger partial charge >= 0.3 is 0 Å². The van der Waals surface area contributed by atoms with Gasteiger partial charge < -0.3 is 4.90 Å². The van der Waals surface area contributed by atoms with Crippen molar-refractivity contribution in [3.63, 3.8) is 0 Å². The summed E-state index contributed by atoms with van der Waals surface area (Å²) in [5.74, 6) is -1.49. The average Bonchev–Trinajstić information content (AvgIpc) is 2.85. The lowest BCUT2D eigenvalue weighted by molar-refractivity contribution is -0.117. The smallest absolute Gasteiger partial charge is 0.231 e. The molecule has 2 nitrogen and oxygen atoms in total. The lowest BCUT2D eigenvalue weighted by Gasteiger charge is -2.18. The minimum atomic E-state index is -0.677. The zero-order valence-corrected chi connectivity index (χ0v) is 11.8. The largest absolute Gasteiger partial charge is 0.311 e. The number of amides is 1. The van der Waals surface area contributed by atoms with Crippen molar-refractivity contribution >= 4 is 23.2 Å². The van der Waals surface area contributed by atoms with Crippen LogP contribution in [-0.2, 0) is 17.6 Å². The van der Waals surface area contributed by atoms with E-state index in [0.717, 1.165) is 6.07 Å². The fourth-order valence-corrected chi connectivity index (χ4v) is 2.78. The summed E-state index contributed by atoms with van der Waals surface area (Å²) in [7, 11) is 0. The molecule has 5 heteroatoms. The third-order valence-corrected chi connectivity index (χ3v) is 3.98. The number of carbonyl (C=O) groups is 1. The number of hydrogen-bond acceptors (Lipinski definition) is 1. The number of rotatable bonds is 2. The maximum absolute atomic E-state index is 13.7. The van der Waals surface area contributed by atoms with Gasteiger partial charge in [0, 0.05) is 23.2 Å². The quantitative estimate of drug-likeness (QED) is 0.827. The Kier molecular flexibility index (Phi) is 3.64. The van der Waals surface area contributed by atoms with Crippen LogP contribution in [0, 0.1) is 11.6 Å². The van der Waals surface area contributed by atoms with Crippen LogP contribution in [0.25, 0.3) is 0 Å². The Morgan fingerprint density at radius 3 is 2.76 bits per heavy atom. The molecule has 0 atom stereocenters. The Morgan fingerprint density at radius 1 is 1.24 bits per heavy atom. The van der Waals surface area contributed by atoms with Gasteiger partial charge in [-0.3, -0.25) is 4.79 Å². The molecule has 1 aliphatic rings. The van der Waals surface area contributed by atoms with Gasteiger partial charge in [-0.1, -0.05) is 29.8 Å². The van der Waals surface area contributed by atoms with Crippen molar-refractivity contribution < 1.29 is 13.6 Å². The van der Waals surface area contributed by atoms with Crippen molar-refractivity contribution in [1.82, 2.24) is 0 Å². The van der Waals surface area contributed by atoms with Gasteiger partial charge in [0.1, 0.15) is 11.6 Å². The van der Waals surface area contributed by atoms with Gasteiger partial charge in [0.15, 0.2) is 0 Å². The second-order valence-electron chi connectivity index (χ2n) is 4.95. The molecule has 108 valence electrons. The van der Waals surface area contributed by atoms with Crippen LogP contribution in [0.2, 0.25) is 5.02 Å². The van der Waals surface area contributed by atoms with Gasteiger partial charge in [-0.05, 0) is 24.1 Å². The van der Waals surface area contributed by atoms with E-state index in [-0.39, 0.29) is 12.3 Å². The number of benzene rings is 2. The normalized spacial score (nSPS) is 13.4. The molecule has 1 amide bonds. The van der Waals surface area contributed by atoms with Crippen molar-refractivity contribution in [3.8, 4) is 0 Å². The Balaban J connectivity index is 1.87. The van der Waals surface area contributed by atoms with Crippen molar-refractivity contribution in [2.75, 3.05) is 11.4 Å². The molecular weight excluding hydrogens is 296 g/mol. The Labute approximate surface area is 125 Å². The van der Waals surface area contributed by atoms with E-state index in [1.807, 2.05) is 0 Å². The highest BCUT2D eigenvalue weighted by atomic mass is 35.5. The van der Waals surface area contributed by atoms with Crippen LogP contribution in [0.3, 0.4) is 0 Å². The third kappa shape index (κ3) is 2.63. The van der Waals surface area contributed by atoms with Crippen LogP contribution in [-0.4, -0.2) is 12.5 Å². The molecule has 3 rings (SSSR count). The average molecular weight is 308 g/mol. The van der Waals surface area contributed by atoms with E-state index in [1.165, 1.54) is 11.0 Å². The van der Waals surface area contributed by atoms with Crippen molar-refractivity contribution in [2.45, 2.75) is 12.8 Å². The van der Waals surface area contributed by atoms with E-state index >= 15 is 0 Å². The maximum Gasteiger partial charge on any atom is 0.231 e. The van der Waals surface area contributed by atoms with Gasteiger partial charge in [0.05, 0.1) is 12.1 Å². The van der Waals surface area contributed by atoms with Crippen molar-refractivity contribution in [3.05, 3.63) is 64.2 Å². The van der Waals surface area contributed by atoms with Crippen molar-refractivity contribution in [1.29, 1.82) is 0 Å². The number of hydrogen-bond donors (Lipinski definition) is 0. The Bertz CT molecular complexity index is 717. The number of halogens is 3. The van der Waals surface area contributed by atoms with Crippen LogP contribution in [0.5, 0.6) is 0 Å². The summed E-state index contributed by atoms with van der Waals surface area (Å²) in [5, 5.41) is 0.510. The molecule has 0 fully saturated rings. The lowest BCUT2D eigenvalue weighted by Crippen LogP contribution is -2.30. The predicted molar refractivity (Wildman–Crippen MR) is 77.6 cm³/mol. The standard InChI is InChI=1S/C16H12ClF2NO/c17-13-4-2-1-3-10(13)7-16(21)20-6-5-12-14(19)8-11(18)9-15(12)20/h1-4,8-9H,5-7H2. The highest BCUT2D eigenvalue weighted by Gasteiger charge is 2.28. The Hall–Kier alpha value is -1.94. The highest BCUT2D eigenvalue weighted by Crippen LogP contribution is 2.32. The van der Waals surface area contributed by atoms with Crippen LogP contribution >= 0.6 is 11.6 Å². The van der Waals surface area contributed by atoms with E-state index in [4.69, 9.17) is 11.6 Å². The van der Waals surface area contributed by atoms with Gasteiger partial charge in [-0.2, -0.15) is 0 Å². The summed E-state index contributed by atoms with van der Waals surface area (Å²) >= 11 is 6.03. The maximum atomic E-state index is 13.7. The summed E-state index contributed by atoms with van der Waals surface area (Å²) in [5.41, 5.74) is 1.42. The van der Waals surface area contributed by atoms with Crippen LogP contribution in [0.1, 0.15) is 11.1 Å². The fourth-order valence-electron chi connectivity index (χ4n) is 2.58. The second kappa shape index (κ2) is 5.45. The molecule has 0 aromatic heterocycles. The molecule has 2 aromatic rings. The van der Waals surface area contributed by atoms with Gasteiger partial charge in [0.25, 0.3) is 0 Å². The molecule has 0 spiro atoms. The third-order valence-electron chi connectivity index (χ3n) is 3.61. The molecule has 21 heavy (non-hydrogen) atoms. The summed E-state index contributed by atoms with van der Waals surface area (Å²) in [6.07, 6.45) is 0.507. The second-order valence-corrected chi connectivity index (χ2v) is 5.36. The van der Waals surface area contributed by atoms with E-state index in [9.17, 15) is 13.6 Å². The van der Waals surface area contributed by atoms with E-state index in [0.29, 0.717) is 34.8 Å². The molecule has 0 aliphatic carbocycles. The lowest BCUT2D eigenvalue weighted by atomic mass is 10.1. The predicted octanol–water partition coefficient (Wildman–Crippen LogP) is 3.75. The van der Waals surface area contributed by atoms with Crippen LogP contribution in [0.4, 0.5) is 14.5 Å². The number of carbonyl (C=O) groups excluding carboxylic acids is 1. The molecule has 0 unspecified atom stereocenters. The molecule has 1 aliphatic heterocycles. The number of fused-ring (bicyclic) bond motifs is 1. The van der Waals surface area contributed by atoms with E-state index in [2.05, 4.69) is 0 Å². The summed E-state index contributed by atoms with van der Waals surface area (Å²) < 4.78 is 27.0. The zero-order valence-electron chi connectivity index (χ0n) is 11.1. The molecular formula is C16H12ClF2NO. The van der Waals surface area contributed by atoms with Crippen LogP contribution in [0.15, 0.2) is 36.4 Å². The molecule has 0 saturated carbocycles. The molecule has 2 aromatic carbocycles. The summed E-state index contributed by atoms with van der Waals surface area (Å²) in [4.78, 5) is 13.8. The minimum Gasteiger partial charge on any atom is -0.311 e. The molecule has 1 heterocycles. The first-order valence-corrected chi connectivity index (χ1v) is 6.96. The first-order valence-electron chi connectivity index (χ1n) is 6.58. The Morgan fingerprint density at radius 2 is 2.00 bits per heavy atom. The first-order chi connectivity index (χ1) is 10.1. The topological polar surface area (TPSA) is 20.3 Å². The van der Waals surface area contributed by atoms with Crippen molar-refractivity contribution in [2.24, 2.45) is 0 Å². The molecule has 0 N–H and O–H groups in total. The molecule has 0 bridgehead atoms. The number of nitrogens with zero attached hydrogens (tertiary/aromatic N) is 1. The summed E-state index contributed by atoms with van der Waals surface area (Å²) in [6, 6.07) is 9.11. The van der Waals surface area contributed by atoms with E-state index < -0.39 is 11.6 Å². The zero-order chi connectivity index (χ0) is 15.0. The highest BCUT2D eigenvalue weighted by molar-refractivity contribution is 6.31. The SMILES string of the molecule is O=C(Cc1ccccc1Cl)N1CCc2c(F)cc(F)cc21. The monoisotopic (exact) mass is 307 g/mol. The minimum absolute atomic E-state index is 0.108.